The molecule has 0 aliphatic carbocycles. The van der Waals surface area contributed by atoms with Crippen molar-refractivity contribution in [1.82, 2.24) is 19.7 Å². The summed E-state index contributed by atoms with van der Waals surface area (Å²) in [6.07, 6.45) is 4.84. The van der Waals surface area contributed by atoms with Crippen molar-refractivity contribution in [3.05, 3.63) is 90.5 Å². The van der Waals surface area contributed by atoms with Gasteiger partial charge in [0, 0.05) is 29.7 Å². The number of hydrogen-bond acceptors (Lipinski definition) is 6. The third kappa shape index (κ3) is 4.26. The molecular weight excluding hydrogens is 368 g/mol. The van der Waals surface area contributed by atoms with Gasteiger partial charge in [0.25, 0.3) is 5.91 Å². The zero-order valence-electron chi connectivity index (χ0n) is 15.1. The molecule has 2 aromatic carbocycles. The molecule has 0 bridgehead atoms. The number of amides is 1. The Morgan fingerprint density at radius 1 is 1.07 bits per heavy atom. The van der Waals surface area contributed by atoms with E-state index in [-0.39, 0.29) is 5.91 Å². The van der Waals surface area contributed by atoms with Gasteiger partial charge in [0.05, 0.1) is 11.6 Å². The molecule has 0 spiro atoms. The SMILES string of the molecule is N#Cc1ccc(C(=O)Nc2ccc(Oc3cc(-n4cccn4)ncn3)cc2)cc1. The Morgan fingerprint density at radius 2 is 1.86 bits per heavy atom. The van der Waals surface area contributed by atoms with E-state index in [1.807, 2.05) is 6.07 Å². The molecule has 0 saturated carbocycles. The highest BCUT2D eigenvalue weighted by Gasteiger charge is 2.07. The molecule has 8 heteroatoms. The van der Waals surface area contributed by atoms with E-state index in [1.54, 1.807) is 77.7 Å². The van der Waals surface area contributed by atoms with Crippen LogP contribution in [0.4, 0.5) is 5.69 Å². The van der Waals surface area contributed by atoms with Gasteiger partial charge in [-0.15, -0.1) is 0 Å². The monoisotopic (exact) mass is 382 g/mol. The second kappa shape index (κ2) is 8.02. The number of nitriles is 1. The van der Waals surface area contributed by atoms with Gasteiger partial charge >= 0.3 is 0 Å². The van der Waals surface area contributed by atoms with Gasteiger partial charge in [0.1, 0.15) is 12.1 Å². The molecule has 4 aromatic rings. The maximum absolute atomic E-state index is 12.3. The summed E-state index contributed by atoms with van der Waals surface area (Å²) in [6, 6.07) is 18.8. The van der Waals surface area contributed by atoms with E-state index in [2.05, 4.69) is 20.4 Å². The van der Waals surface area contributed by atoms with Crippen LogP contribution in [-0.2, 0) is 0 Å². The minimum atomic E-state index is -0.261. The van der Waals surface area contributed by atoms with Crippen molar-refractivity contribution in [3.8, 4) is 23.5 Å². The van der Waals surface area contributed by atoms with Crippen LogP contribution < -0.4 is 10.1 Å². The van der Waals surface area contributed by atoms with Crippen LogP contribution >= 0.6 is 0 Å². The third-order valence-corrected chi connectivity index (χ3v) is 3.98. The molecule has 0 unspecified atom stereocenters. The Balaban J connectivity index is 1.42. The van der Waals surface area contributed by atoms with E-state index in [4.69, 9.17) is 10.00 Å². The van der Waals surface area contributed by atoms with Crippen molar-refractivity contribution in [3.63, 3.8) is 0 Å². The third-order valence-electron chi connectivity index (χ3n) is 3.98. The topological polar surface area (TPSA) is 106 Å². The van der Waals surface area contributed by atoms with Crippen molar-refractivity contribution in [1.29, 1.82) is 5.26 Å². The molecule has 0 saturated heterocycles. The van der Waals surface area contributed by atoms with Gasteiger partial charge in [-0.2, -0.15) is 10.4 Å². The minimum absolute atomic E-state index is 0.261. The van der Waals surface area contributed by atoms with Crippen molar-refractivity contribution in [2.24, 2.45) is 0 Å². The lowest BCUT2D eigenvalue weighted by molar-refractivity contribution is 0.102. The summed E-state index contributed by atoms with van der Waals surface area (Å²) in [5, 5.41) is 15.7. The lowest BCUT2D eigenvalue weighted by Crippen LogP contribution is -2.11. The molecule has 0 aliphatic rings. The first kappa shape index (κ1) is 17.9. The fraction of sp³-hybridized carbons (Fsp3) is 0. The number of nitrogens with zero attached hydrogens (tertiary/aromatic N) is 5. The normalized spacial score (nSPS) is 10.2. The number of nitrogens with one attached hydrogen (secondary N) is 1. The maximum Gasteiger partial charge on any atom is 0.255 e. The number of carbonyl (C=O) groups excluding carboxylic acids is 1. The second-order valence-corrected chi connectivity index (χ2v) is 5.93. The second-order valence-electron chi connectivity index (χ2n) is 5.93. The summed E-state index contributed by atoms with van der Waals surface area (Å²) in [7, 11) is 0. The highest BCUT2D eigenvalue weighted by Crippen LogP contribution is 2.22. The van der Waals surface area contributed by atoms with Gasteiger partial charge in [-0.25, -0.2) is 14.6 Å². The molecule has 2 aromatic heterocycles. The predicted molar refractivity (Wildman–Crippen MR) is 105 cm³/mol. The quantitative estimate of drug-likeness (QED) is 0.565. The van der Waals surface area contributed by atoms with Crippen LogP contribution in [0.2, 0.25) is 0 Å². The van der Waals surface area contributed by atoms with Crippen molar-refractivity contribution in [2.75, 3.05) is 5.32 Å². The Morgan fingerprint density at radius 3 is 2.55 bits per heavy atom. The Kier molecular flexibility index (Phi) is 4.95. The van der Waals surface area contributed by atoms with E-state index in [9.17, 15) is 4.79 Å². The Bertz CT molecular complexity index is 1160. The van der Waals surface area contributed by atoms with Gasteiger partial charge in [-0.3, -0.25) is 4.79 Å². The van der Waals surface area contributed by atoms with Crippen LogP contribution in [-0.4, -0.2) is 25.7 Å². The largest absolute Gasteiger partial charge is 0.439 e. The summed E-state index contributed by atoms with van der Waals surface area (Å²) in [4.78, 5) is 20.5. The zero-order valence-corrected chi connectivity index (χ0v) is 15.1. The predicted octanol–water partition coefficient (Wildman–Crippen LogP) is 3.58. The number of carbonyl (C=O) groups is 1. The van der Waals surface area contributed by atoms with Crippen LogP contribution in [0.15, 0.2) is 79.4 Å². The average Bonchev–Trinajstić information content (AvgIpc) is 3.30. The summed E-state index contributed by atoms with van der Waals surface area (Å²) in [5.74, 6) is 1.26. The van der Waals surface area contributed by atoms with E-state index in [1.165, 1.54) is 6.33 Å². The smallest absolute Gasteiger partial charge is 0.255 e. The molecule has 4 rings (SSSR count). The van der Waals surface area contributed by atoms with Crippen molar-refractivity contribution < 1.29 is 9.53 Å². The molecule has 0 aliphatic heterocycles. The first-order chi connectivity index (χ1) is 14.2. The fourth-order valence-corrected chi connectivity index (χ4v) is 2.54. The molecule has 2 heterocycles. The lowest BCUT2D eigenvalue weighted by Gasteiger charge is -2.08. The Hall–Kier alpha value is -4.51. The number of benzene rings is 2. The first-order valence-electron chi connectivity index (χ1n) is 8.63. The van der Waals surface area contributed by atoms with E-state index in [0.29, 0.717) is 34.3 Å². The van der Waals surface area contributed by atoms with Crippen molar-refractivity contribution in [2.45, 2.75) is 0 Å². The Labute approximate surface area is 166 Å². The lowest BCUT2D eigenvalue weighted by atomic mass is 10.1. The molecule has 0 radical (unpaired) electrons. The van der Waals surface area contributed by atoms with Gasteiger partial charge in [-0.1, -0.05) is 0 Å². The molecule has 0 atom stereocenters. The van der Waals surface area contributed by atoms with Gasteiger partial charge in [-0.05, 0) is 54.6 Å². The fourth-order valence-electron chi connectivity index (χ4n) is 2.54. The summed E-state index contributed by atoms with van der Waals surface area (Å²) >= 11 is 0. The number of rotatable bonds is 5. The molecular formula is C21H14N6O2. The highest BCUT2D eigenvalue weighted by atomic mass is 16.5. The van der Waals surface area contributed by atoms with Crippen LogP contribution in [0, 0.1) is 11.3 Å². The summed E-state index contributed by atoms with van der Waals surface area (Å²) in [6.45, 7) is 0. The first-order valence-corrected chi connectivity index (χ1v) is 8.63. The number of aromatic nitrogens is 4. The summed E-state index contributed by atoms with van der Waals surface area (Å²) < 4.78 is 7.36. The number of ether oxygens (including phenoxy) is 1. The van der Waals surface area contributed by atoms with Crippen molar-refractivity contribution >= 4 is 11.6 Å². The average molecular weight is 382 g/mol. The molecule has 0 fully saturated rings. The van der Waals surface area contributed by atoms with Crippen LogP contribution in [0.3, 0.4) is 0 Å². The van der Waals surface area contributed by atoms with Gasteiger partial charge < -0.3 is 10.1 Å². The van der Waals surface area contributed by atoms with E-state index in [0.717, 1.165) is 0 Å². The highest BCUT2D eigenvalue weighted by molar-refractivity contribution is 6.04. The zero-order chi connectivity index (χ0) is 20.1. The van der Waals surface area contributed by atoms with Crippen LogP contribution in [0.5, 0.6) is 11.6 Å². The van der Waals surface area contributed by atoms with Crippen LogP contribution in [0.25, 0.3) is 5.82 Å². The maximum atomic E-state index is 12.3. The van der Waals surface area contributed by atoms with E-state index < -0.39 is 0 Å². The molecule has 140 valence electrons. The van der Waals surface area contributed by atoms with Gasteiger partial charge in [0.15, 0.2) is 5.82 Å². The molecule has 1 amide bonds. The molecule has 29 heavy (non-hydrogen) atoms. The summed E-state index contributed by atoms with van der Waals surface area (Å²) in [5.41, 5.74) is 1.59. The van der Waals surface area contributed by atoms with Gasteiger partial charge in [0.2, 0.25) is 5.88 Å². The van der Waals surface area contributed by atoms with Crippen LogP contribution in [0.1, 0.15) is 15.9 Å². The van der Waals surface area contributed by atoms with E-state index >= 15 is 0 Å². The molecule has 1 N–H and O–H groups in total. The number of anilines is 1. The minimum Gasteiger partial charge on any atom is -0.439 e. The standard InChI is InChI=1S/C21H14N6O2/c22-13-15-2-4-16(5-3-15)21(28)26-17-6-8-18(9-7-17)29-20-12-19(23-14-24-20)27-11-1-10-25-27/h1-12,14H,(H,26,28). The number of hydrogen-bond donors (Lipinski definition) is 1. The molecule has 8 nitrogen and oxygen atoms in total.